The van der Waals surface area contributed by atoms with E-state index >= 15 is 0 Å². The lowest BCUT2D eigenvalue weighted by atomic mass is 9.99. The summed E-state index contributed by atoms with van der Waals surface area (Å²) in [5.41, 5.74) is 1.44. The van der Waals surface area contributed by atoms with E-state index in [9.17, 15) is 4.79 Å². The highest BCUT2D eigenvalue weighted by Crippen LogP contribution is 2.29. The Bertz CT molecular complexity index is 990. The summed E-state index contributed by atoms with van der Waals surface area (Å²) in [6.45, 7) is 1.04. The molecular formula is C19H21N5O4. The lowest BCUT2D eigenvalue weighted by molar-refractivity contribution is 0.0566. The Labute approximate surface area is 161 Å². The van der Waals surface area contributed by atoms with Gasteiger partial charge in [-0.15, -0.1) is 5.10 Å². The summed E-state index contributed by atoms with van der Waals surface area (Å²) < 4.78 is 17.5. The predicted octanol–water partition coefficient (Wildman–Crippen LogP) is 1.65. The van der Waals surface area contributed by atoms with E-state index in [0.29, 0.717) is 42.7 Å². The highest BCUT2D eigenvalue weighted by molar-refractivity contribution is 5.96. The van der Waals surface area contributed by atoms with Gasteiger partial charge in [0, 0.05) is 38.3 Å². The minimum atomic E-state index is -0.116. The minimum Gasteiger partial charge on any atom is -0.496 e. The average Bonchev–Trinajstić information content (AvgIpc) is 3.27. The fraction of sp³-hybridized carbons (Fsp3) is 0.368. The molecule has 3 heterocycles. The van der Waals surface area contributed by atoms with Gasteiger partial charge in [-0.2, -0.15) is 4.98 Å². The number of hydrogen-bond acceptors (Lipinski definition) is 7. The van der Waals surface area contributed by atoms with Crippen LogP contribution in [0.5, 0.6) is 11.6 Å². The smallest absolute Gasteiger partial charge is 0.261 e. The van der Waals surface area contributed by atoms with Crippen molar-refractivity contribution < 1.29 is 18.8 Å². The van der Waals surface area contributed by atoms with E-state index in [2.05, 4.69) is 15.2 Å². The molecule has 0 spiro atoms. The van der Waals surface area contributed by atoms with E-state index < -0.39 is 0 Å². The zero-order chi connectivity index (χ0) is 19.7. The quantitative estimate of drug-likeness (QED) is 0.639. The number of carbonyl (C=O) groups excluding carboxylic acids is 1. The number of ether oxygens (including phenoxy) is 2. The van der Waals surface area contributed by atoms with Gasteiger partial charge in [0.25, 0.3) is 5.91 Å². The molecule has 146 valence electrons. The maximum Gasteiger partial charge on any atom is 0.261 e. The van der Waals surface area contributed by atoms with Crippen molar-refractivity contribution >= 4 is 5.91 Å². The summed E-state index contributed by atoms with van der Waals surface area (Å²) in [5, 5.41) is 8.19. The predicted molar refractivity (Wildman–Crippen MR) is 98.5 cm³/mol. The van der Waals surface area contributed by atoms with E-state index in [1.54, 1.807) is 29.9 Å². The Morgan fingerprint density at radius 2 is 2.04 bits per heavy atom. The van der Waals surface area contributed by atoms with Crippen LogP contribution in [0.1, 0.15) is 33.6 Å². The second-order valence-electron chi connectivity index (χ2n) is 6.67. The number of carbonyl (C=O) groups is 1. The number of aryl methyl sites for hydroxylation is 1. The van der Waals surface area contributed by atoms with Crippen LogP contribution in [0.3, 0.4) is 0 Å². The molecule has 28 heavy (non-hydrogen) atoms. The summed E-state index contributed by atoms with van der Waals surface area (Å²) in [7, 11) is 4.89. The molecule has 9 nitrogen and oxygen atoms in total. The molecule has 0 aliphatic carbocycles. The zero-order valence-corrected chi connectivity index (χ0v) is 16.0. The van der Waals surface area contributed by atoms with Gasteiger partial charge in [0.1, 0.15) is 11.3 Å². The molecule has 0 unspecified atom stereocenters. The van der Waals surface area contributed by atoms with Gasteiger partial charge in [0.15, 0.2) is 5.82 Å². The van der Waals surface area contributed by atoms with E-state index in [0.717, 1.165) is 11.3 Å². The highest BCUT2D eigenvalue weighted by Gasteiger charge is 2.37. The first kappa shape index (κ1) is 18.0. The Hall–Kier alpha value is -3.36. The third kappa shape index (κ3) is 3.30. The van der Waals surface area contributed by atoms with Crippen LogP contribution >= 0.6 is 0 Å². The van der Waals surface area contributed by atoms with Gasteiger partial charge in [0.05, 0.1) is 20.1 Å². The van der Waals surface area contributed by atoms with Crippen molar-refractivity contribution in [3.05, 3.63) is 53.3 Å². The molecule has 1 saturated heterocycles. The van der Waals surface area contributed by atoms with Crippen molar-refractivity contribution in [3.8, 4) is 11.6 Å². The second-order valence-corrected chi connectivity index (χ2v) is 6.67. The molecule has 1 aliphatic heterocycles. The Balaban J connectivity index is 1.39. The second kappa shape index (κ2) is 7.34. The standard InChI is InChI=1S/C19H21N5O4/c1-23-11-14(18(21-23)27-3)19(25)24-9-13(10-24)17-20-16(22-28-17)8-12-6-4-5-7-15(12)26-2/h4-7,11,13H,8-10H2,1-3H3. The van der Waals surface area contributed by atoms with E-state index in [1.165, 1.54) is 7.11 Å². The van der Waals surface area contributed by atoms with E-state index in [4.69, 9.17) is 14.0 Å². The number of nitrogens with zero attached hydrogens (tertiary/aromatic N) is 5. The first-order chi connectivity index (χ1) is 13.6. The molecule has 3 aromatic rings. The molecule has 1 aromatic carbocycles. The van der Waals surface area contributed by atoms with Gasteiger partial charge in [-0.3, -0.25) is 9.48 Å². The largest absolute Gasteiger partial charge is 0.496 e. The van der Waals surface area contributed by atoms with Crippen molar-refractivity contribution in [3.63, 3.8) is 0 Å². The van der Waals surface area contributed by atoms with Crippen LogP contribution in [0.25, 0.3) is 0 Å². The van der Waals surface area contributed by atoms with Crippen LogP contribution in [-0.2, 0) is 13.5 Å². The van der Waals surface area contributed by atoms with Gasteiger partial charge in [-0.05, 0) is 6.07 Å². The third-order valence-corrected chi connectivity index (χ3v) is 4.76. The molecule has 1 fully saturated rings. The SMILES string of the molecule is COc1ccccc1Cc1noc(C2CN(C(=O)c3cn(C)nc3OC)C2)n1. The Morgan fingerprint density at radius 3 is 2.79 bits per heavy atom. The minimum absolute atomic E-state index is 0.0329. The normalized spacial score (nSPS) is 14.0. The number of aromatic nitrogens is 4. The number of benzene rings is 1. The van der Waals surface area contributed by atoms with Crippen LogP contribution in [0.2, 0.25) is 0 Å². The number of hydrogen-bond donors (Lipinski definition) is 0. The van der Waals surface area contributed by atoms with E-state index in [1.807, 2.05) is 24.3 Å². The van der Waals surface area contributed by atoms with Crippen LogP contribution in [-0.4, -0.2) is 58.0 Å². The van der Waals surface area contributed by atoms with Crippen molar-refractivity contribution in [2.45, 2.75) is 12.3 Å². The first-order valence-electron chi connectivity index (χ1n) is 8.90. The van der Waals surface area contributed by atoms with Crippen molar-refractivity contribution in [2.75, 3.05) is 27.3 Å². The fourth-order valence-electron chi connectivity index (χ4n) is 3.26. The number of rotatable bonds is 6. The third-order valence-electron chi connectivity index (χ3n) is 4.76. The van der Waals surface area contributed by atoms with Crippen molar-refractivity contribution in [1.82, 2.24) is 24.8 Å². The van der Waals surface area contributed by atoms with Gasteiger partial charge >= 0.3 is 0 Å². The molecule has 0 N–H and O–H groups in total. The molecule has 1 amide bonds. The molecule has 0 atom stereocenters. The van der Waals surface area contributed by atoms with Gasteiger partial charge in [-0.1, -0.05) is 23.4 Å². The zero-order valence-electron chi connectivity index (χ0n) is 16.0. The van der Waals surface area contributed by atoms with Crippen LogP contribution in [0, 0.1) is 0 Å². The Kier molecular flexibility index (Phi) is 4.72. The van der Waals surface area contributed by atoms with Crippen LogP contribution < -0.4 is 9.47 Å². The first-order valence-corrected chi connectivity index (χ1v) is 8.90. The summed E-state index contributed by atoms with van der Waals surface area (Å²) >= 11 is 0. The average molecular weight is 383 g/mol. The monoisotopic (exact) mass is 383 g/mol. The molecule has 0 bridgehead atoms. The summed E-state index contributed by atoms with van der Waals surface area (Å²) in [6.07, 6.45) is 2.18. The molecular weight excluding hydrogens is 362 g/mol. The molecule has 4 rings (SSSR count). The maximum absolute atomic E-state index is 12.6. The van der Waals surface area contributed by atoms with Gasteiger partial charge in [-0.25, -0.2) is 0 Å². The van der Waals surface area contributed by atoms with Crippen LogP contribution in [0.15, 0.2) is 35.0 Å². The van der Waals surface area contributed by atoms with Crippen molar-refractivity contribution in [1.29, 1.82) is 0 Å². The molecule has 0 saturated carbocycles. The number of likely N-dealkylation sites (tertiary alicyclic amines) is 1. The summed E-state index contributed by atoms with van der Waals surface area (Å²) in [4.78, 5) is 18.8. The molecule has 9 heteroatoms. The molecule has 2 aromatic heterocycles. The van der Waals surface area contributed by atoms with Gasteiger partial charge in [0.2, 0.25) is 11.8 Å². The topological polar surface area (TPSA) is 95.5 Å². The molecule has 0 radical (unpaired) electrons. The highest BCUT2D eigenvalue weighted by atomic mass is 16.5. The number of para-hydroxylation sites is 1. The lowest BCUT2D eigenvalue weighted by Gasteiger charge is -2.36. The van der Waals surface area contributed by atoms with Crippen LogP contribution in [0.4, 0.5) is 0 Å². The van der Waals surface area contributed by atoms with Gasteiger partial charge < -0.3 is 18.9 Å². The van der Waals surface area contributed by atoms with Crippen molar-refractivity contribution in [2.24, 2.45) is 7.05 Å². The summed E-state index contributed by atoms with van der Waals surface area (Å²) in [6, 6.07) is 7.74. The Morgan fingerprint density at radius 1 is 1.25 bits per heavy atom. The summed E-state index contributed by atoms with van der Waals surface area (Å²) in [5.74, 6) is 2.18. The number of amides is 1. The lowest BCUT2D eigenvalue weighted by Crippen LogP contribution is -2.48. The van der Waals surface area contributed by atoms with E-state index in [-0.39, 0.29) is 11.8 Å². The molecule has 1 aliphatic rings. The number of methoxy groups -OCH3 is 2. The fourth-order valence-corrected chi connectivity index (χ4v) is 3.26. The maximum atomic E-state index is 12.6.